The summed E-state index contributed by atoms with van der Waals surface area (Å²) >= 11 is 0. The lowest BCUT2D eigenvalue weighted by Gasteiger charge is -2.05. The summed E-state index contributed by atoms with van der Waals surface area (Å²) in [6, 6.07) is 13.5. The van der Waals surface area contributed by atoms with Crippen LogP contribution in [0.4, 0.5) is 5.69 Å². The summed E-state index contributed by atoms with van der Waals surface area (Å²) in [7, 11) is 0. The predicted molar refractivity (Wildman–Crippen MR) is 90.6 cm³/mol. The number of benzene rings is 2. The molecular formula is C19H17NO2. The van der Waals surface area contributed by atoms with Crippen LogP contribution in [-0.2, 0) is 4.79 Å². The van der Waals surface area contributed by atoms with Crippen LogP contribution in [0.2, 0.25) is 0 Å². The number of carbonyl (C=O) groups excluding carboxylic acids is 1. The molecule has 1 heterocycles. The van der Waals surface area contributed by atoms with E-state index in [4.69, 9.17) is 4.74 Å². The van der Waals surface area contributed by atoms with Gasteiger partial charge in [-0.1, -0.05) is 36.9 Å². The van der Waals surface area contributed by atoms with Crippen LogP contribution >= 0.6 is 0 Å². The molecule has 0 saturated heterocycles. The van der Waals surface area contributed by atoms with E-state index >= 15 is 0 Å². The summed E-state index contributed by atoms with van der Waals surface area (Å²) in [4.78, 5) is 12.3. The summed E-state index contributed by atoms with van der Waals surface area (Å²) in [5.74, 6) is 0.664. The van der Waals surface area contributed by atoms with Crippen molar-refractivity contribution in [3.63, 3.8) is 0 Å². The molecule has 22 heavy (non-hydrogen) atoms. The highest BCUT2D eigenvalue weighted by atomic mass is 16.5. The normalized spacial score (nSPS) is 14.6. The molecule has 1 amide bonds. The first-order valence-electron chi connectivity index (χ1n) is 7.24. The van der Waals surface area contributed by atoms with Gasteiger partial charge in [0.25, 0.3) is 5.91 Å². The second-order valence-electron chi connectivity index (χ2n) is 4.99. The number of amides is 1. The van der Waals surface area contributed by atoms with Crippen LogP contribution in [0.5, 0.6) is 5.75 Å². The topological polar surface area (TPSA) is 38.3 Å². The first-order chi connectivity index (χ1) is 10.7. The highest BCUT2D eigenvalue weighted by Gasteiger charge is 2.24. The fraction of sp³-hybridized carbons (Fsp3) is 0.105. The van der Waals surface area contributed by atoms with Crippen molar-refractivity contribution in [1.82, 2.24) is 0 Å². The number of rotatable bonds is 4. The molecule has 2 aromatic rings. The number of anilines is 1. The molecule has 0 atom stereocenters. The zero-order chi connectivity index (χ0) is 15.5. The van der Waals surface area contributed by atoms with Crippen LogP contribution in [0.3, 0.4) is 0 Å². The summed E-state index contributed by atoms with van der Waals surface area (Å²) < 4.78 is 5.47. The Balaban J connectivity index is 2.05. The van der Waals surface area contributed by atoms with Crippen LogP contribution in [0.1, 0.15) is 23.6 Å². The van der Waals surface area contributed by atoms with Crippen molar-refractivity contribution >= 4 is 29.3 Å². The van der Waals surface area contributed by atoms with E-state index in [-0.39, 0.29) is 5.91 Å². The zero-order valence-electron chi connectivity index (χ0n) is 12.4. The highest BCUT2D eigenvalue weighted by molar-refractivity contribution is 6.35. The maximum Gasteiger partial charge on any atom is 0.256 e. The molecule has 1 aliphatic rings. The van der Waals surface area contributed by atoms with Gasteiger partial charge < -0.3 is 10.1 Å². The molecule has 110 valence electrons. The first kappa shape index (κ1) is 14.1. The summed E-state index contributed by atoms with van der Waals surface area (Å²) in [6.07, 6.45) is 3.69. The van der Waals surface area contributed by atoms with Crippen LogP contribution in [0.15, 0.2) is 49.0 Å². The molecule has 0 aliphatic carbocycles. The van der Waals surface area contributed by atoms with Crippen molar-refractivity contribution in [1.29, 1.82) is 0 Å². The van der Waals surface area contributed by atoms with Crippen molar-refractivity contribution in [2.24, 2.45) is 0 Å². The lowest BCUT2D eigenvalue weighted by Crippen LogP contribution is -2.03. The monoisotopic (exact) mass is 291 g/mol. The SMILES string of the molecule is C=Cc1ccccc1C=C1C(=O)Nc2cc(OCC)ccc21. The van der Waals surface area contributed by atoms with E-state index < -0.39 is 0 Å². The molecule has 0 aromatic heterocycles. The summed E-state index contributed by atoms with van der Waals surface area (Å²) in [5, 5.41) is 2.89. The lowest BCUT2D eigenvalue weighted by molar-refractivity contribution is -0.110. The quantitative estimate of drug-likeness (QED) is 0.856. The molecule has 1 N–H and O–H groups in total. The number of hydrogen-bond acceptors (Lipinski definition) is 2. The van der Waals surface area contributed by atoms with E-state index in [1.807, 2.05) is 55.5 Å². The molecule has 0 unspecified atom stereocenters. The molecule has 0 spiro atoms. The average Bonchev–Trinajstić information content (AvgIpc) is 2.83. The van der Waals surface area contributed by atoms with E-state index in [0.717, 1.165) is 28.1 Å². The maximum atomic E-state index is 12.3. The summed E-state index contributed by atoms with van der Waals surface area (Å²) in [6.45, 7) is 6.35. The van der Waals surface area contributed by atoms with Gasteiger partial charge in [-0.05, 0) is 36.3 Å². The van der Waals surface area contributed by atoms with E-state index in [2.05, 4.69) is 11.9 Å². The molecule has 0 fully saturated rings. The van der Waals surface area contributed by atoms with Gasteiger partial charge in [-0.15, -0.1) is 0 Å². The van der Waals surface area contributed by atoms with Gasteiger partial charge in [-0.25, -0.2) is 0 Å². The van der Waals surface area contributed by atoms with Gasteiger partial charge in [0.2, 0.25) is 0 Å². The number of hydrogen-bond donors (Lipinski definition) is 1. The molecule has 0 bridgehead atoms. The van der Waals surface area contributed by atoms with Crippen molar-refractivity contribution in [3.05, 3.63) is 65.7 Å². The largest absolute Gasteiger partial charge is 0.494 e. The molecule has 3 heteroatoms. The maximum absolute atomic E-state index is 12.3. The highest BCUT2D eigenvalue weighted by Crippen LogP contribution is 2.36. The second-order valence-corrected chi connectivity index (χ2v) is 4.99. The third-order valence-corrected chi connectivity index (χ3v) is 3.60. The third-order valence-electron chi connectivity index (χ3n) is 3.60. The van der Waals surface area contributed by atoms with Crippen molar-refractivity contribution in [2.45, 2.75) is 6.92 Å². The number of carbonyl (C=O) groups is 1. The van der Waals surface area contributed by atoms with Crippen molar-refractivity contribution < 1.29 is 9.53 Å². The fourth-order valence-corrected chi connectivity index (χ4v) is 2.56. The molecule has 2 aromatic carbocycles. The lowest BCUT2D eigenvalue weighted by atomic mass is 10.0. The number of fused-ring (bicyclic) bond motifs is 1. The van der Waals surface area contributed by atoms with Gasteiger partial charge in [0.15, 0.2) is 0 Å². The van der Waals surface area contributed by atoms with Gasteiger partial charge in [0.1, 0.15) is 5.75 Å². The minimum Gasteiger partial charge on any atom is -0.494 e. The zero-order valence-corrected chi connectivity index (χ0v) is 12.4. The van der Waals surface area contributed by atoms with E-state index in [0.29, 0.717) is 12.2 Å². The van der Waals surface area contributed by atoms with Crippen LogP contribution in [-0.4, -0.2) is 12.5 Å². The Bertz CT molecular complexity index is 775. The van der Waals surface area contributed by atoms with Gasteiger partial charge in [-0.2, -0.15) is 0 Å². The Morgan fingerprint density at radius 1 is 1.18 bits per heavy atom. The molecule has 0 saturated carbocycles. The Morgan fingerprint density at radius 3 is 2.68 bits per heavy atom. The molecule has 1 aliphatic heterocycles. The number of nitrogens with one attached hydrogen (secondary N) is 1. The van der Waals surface area contributed by atoms with Gasteiger partial charge >= 0.3 is 0 Å². The number of ether oxygens (including phenoxy) is 1. The van der Waals surface area contributed by atoms with Crippen LogP contribution in [0, 0.1) is 0 Å². The minimum absolute atomic E-state index is 0.0949. The van der Waals surface area contributed by atoms with Crippen LogP contribution < -0.4 is 10.1 Å². The molecule has 3 rings (SSSR count). The van der Waals surface area contributed by atoms with Crippen LogP contribution in [0.25, 0.3) is 17.7 Å². The Hall–Kier alpha value is -2.81. The average molecular weight is 291 g/mol. The Labute approximate surface area is 129 Å². The smallest absolute Gasteiger partial charge is 0.256 e. The Morgan fingerprint density at radius 2 is 1.95 bits per heavy atom. The minimum atomic E-state index is -0.0949. The third kappa shape index (κ3) is 2.53. The summed E-state index contributed by atoms with van der Waals surface area (Å²) in [5.41, 5.74) is 4.32. The van der Waals surface area contributed by atoms with E-state index in [1.165, 1.54) is 0 Å². The van der Waals surface area contributed by atoms with Crippen molar-refractivity contribution in [2.75, 3.05) is 11.9 Å². The first-order valence-corrected chi connectivity index (χ1v) is 7.24. The molecule has 3 nitrogen and oxygen atoms in total. The fourth-order valence-electron chi connectivity index (χ4n) is 2.56. The van der Waals surface area contributed by atoms with E-state index in [1.54, 1.807) is 6.08 Å². The molecular weight excluding hydrogens is 274 g/mol. The van der Waals surface area contributed by atoms with Gasteiger partial charge in [0.05, 0.1) is 12.3 Å². The Kier molecular flexibility index (Phi) is 3.79. The second kappa shape index (κ2) is 5.90. The van der Waals surface area contributed by atoms with E-state index in [9.17, 15) is 4.79 Å². The van der Waals surface area contributed by atoms with Crippen molar-refractivity contribution in [3.8, 4) is 5.75 Å². The van der Waals surface area contributed by atoms with Gasteiger partial charge in [0, 0.05) is 17.2 Å². The molecule has 0 radical (unpaired) electrons. The standard InChI is InChI=1S/C19H17NO2/c1-3-13-7-5-6-8-14(13)11-17-16-10-9-15(22-4-2)12-18(16)20-19(17)21/h3,5-12H,1,4H2,2H3,(H,20,21). The predicted octanol–water partition coefficient (Wildman–Crippen LogP) is 4.22. The van der Waals surface area contributed by atoms with Gasteiger partial charge in [-0.3, -0.25) is 4.79 Å².